The van der Waals surface area contributed by atoms with Crippen LogP contribution in [0, 0.1) is 0 Å². The number of carbonyl (C=O) groups excluding carboxylic acids is 2. The molecule has 0 radical (unpaired) electrons. The van der Waals surface area contributed by atoms with E-state index < -0.39 is 5.97 Å². The standard InChI is InChI=1S/C12H16N2O3/c1-3-8-13-12(16)14-10-7-5-4-6-9(10)11(15)17-2/h4-7H,3,8H2,1-2H3,(H2,13,14,16). The lowest BCUT2D eigenvalue weighted by atomic mass is 10.2. The minimum Gasteiger partial charge on any atom is -0.465 e. The zero-order valence-electron chi connectivity index (χ0n) is 9.95. The van der Waals surface area contributed by atoms with E-state index in [9.17, 15) is 9.59 Å². The Labute approximate surface area is 100 Å². The van der Waals surface area contributed by atoms with Gasteiger partial charge < -0.3 is 15.4 Å². The molecule has 92 valence electrons. The Kier molecular flexibility index (Phi) is 5.00. The van der Waals surface area contributed by atoms with Crippen molar-refractivity contribution in [2.75, 3.05) is 19.0 Å². The monoisotopic (exact) mass is 236 g/mol. The third-order valence-corrected chi connectivity index (χ3v) is 2.12. The third-order valence-electron chi connectivity index (χ3n) is 2.12. The van der Waals surface area contributed by atoms with Gasteiger partial charge in [0.1, 0.15) is 0 Å². The summed E-state index contributed by atoms with van der Waals surface area (Å²) in [5.74, 6) is -0.476. The van der Waals surface area contributed by atoms with Crippen LogP contribution in [0.25, 0.3) is 0 Å². The van der Waals surface area contributed by atoms with Crippen molar-refractivity contribution >= 4 is 17.7 Å². The number of nitrogens with one attached hydrogen (secondary N) is 2. The van der Waals surface area contributed by atoms with Gasteiger partial charge in [-0.15, -0.1) is 0 Å². The lowest BCUT2D eigenvalue weighted by Crippen LogP contribution is -2.29. The van der Waals surface area contributed by atoms with Gasteiger partial charge in [-0.1, -0.05) is 19.1 Å². The van der Waals surface area contributed by atoms with Gasteiger partial charge in [-0.05, 0) is 18.6 Å². The molecule has 2 amide bonds. The average molecular weight is 236 g/mol. The molecule has 0 aliphatic carbocycles. The van der Waals surface area contributed by atoms with E-state index in [1.165, 1.54) is 7.11 Å². The summed E-state index contributed by atoms with van der Waals surface area (Å²) in [6.07, 6.45) is 0.853. The Bertz CT molecular complexity index is 404. The lowest BCUT2D eigenvalue weighted by molar-refractivity contribution is 0.0602. The molecule has 0 fully saturated rings. The minimum atomic E-state index is -0.476. The molecule has 0 heterocycles. The number of rotatable bonds is 4. The Morgan fingerprint density at radius 3 is 2.65 bits per heavy atom. The molecule has 5 heteroatoms. The molecule has 0 aliphatic heterocycles. The van der Waals surface area contributed by atoms with Gasteiger partial charge in [0.15, 0.2) is 0 Å². The lowest BCUT2D eigenvalue weighted by Gasteiger charge is -2.10. The van der Waals surface area contributed by atoms with Crippen LogP contribution in [0.1, 0.15) is 23.7 Å². The Morgan fingerprint density at radius 1 is 1.29 bits per heavy atom. The van der Waals surface area contributed by atoms with Crippen LogP contribution in [0.4, 0.5) is 10.5 Å². The van der Waals surface area contributed by atoms with Crippen molar-refractivity contribution in [1.82, 2.24) is 5.32 Å². The summed E-state index contributed by atoms with van der Waals surface area (Å²) in [5.41, 5.74) is 0.773. The normalized spacial score (nSPS) is 9.53. The molecule has 17 heavy (non-hydrogen) atoms. The second kappa shape index (κ2) is 6.52. The summed E-state index contributed by atoms with van der Waals surface area (Å²) in [6.45, 7) is 2.55. The maximum atomic E-state index is 11.5. The van der Waals surface area contributed by atoms with Crippen molar-refractivity contribution < 1.29 is 14.3 Å². The highest BCUT2D eigenvalue weighted by molar-refractivity contribution is 6.00. The molecule has 1 rings (SSSR count). The number of anilines is 1. The first-order valence-electron chi connectivity index (χ1n) is 5.41. The predicted molar refractivity (Wildman–Crippen MR) is 65.1 cm³/mol. The number of methoxy groups -OCH3 is 1. The fraction of sp³-hybridized carbons (Fsp3) is 0.333. The molecule has 1 aromatic rings. The first-order chi connectivity index (χ1) is 8.19. The molecular formula is C12H16N2O3. The Morgan fingerprint density at radius 2 is 2.00 bits per heavy atom. The van der Waals surface area contributed by atoms with E-state index in [2.05, 4.69) is 15.4 Å². The quantitative estimate of drug-likeness (QED) is 0.786. The number of esters is 1. The zero-order chi connectivity index (χ0) is 12.7. The van der Waals surface area contributed by atoms with Crippen molar-refractivity contribution in [3.05, 3.63) is 29.8 Å². The molecule has 0 atom stereocenters. The van der Waals surface area contributed by atoms with Crippen LogP contribution in [-0.4, -0.2) is 25.7 Å². The predicted octanol–water partition coefficient (Wildman–Crippen LogP) is 2.00. The summed E-state index contributed by atoms with van der Waals surface area (Å²) >= 11 is 0. The van der Waals surface area contributed by atoms with Crippen LogP contribution in [-0.2, 0) is 4.74 Å². The van der Waals surface area contributed by atoms with Crippen LogP contribution in [0.2, 0.25) is 0 Å². The largest absolute Gasteiger partial charge is 0.465 e. The van der Waals surface area contributed by atoms with E-state index in [4.69, 9.17) is 0 Å². The molecule has 2 N–H and O–H groups in total. The van der Waals surface area contributed by atoms with Gasteiger partial charge in [-0.3, -0.25) is 0 Å². The van der Waals surface area contributed by atoms with E-state index in [0.29, 0.717) is 17.8 Å². The molecule has 0 aliphatic rings. The van der Waals surface area contributed by atoms with Crippen LogP contribution in [0.5, 0.6) is 0 Å². The van der Waals surface area contributed by atoms with Crippen LogP contribution in [0.15, 0.2) is 24.3 Å². The molecular weight excluding hydrogens is 220 g/mol. The van der Waals surface area contributed by atoms with Gasteiger partial charge in [0, 0.05) is 6.54 Å². The molecule has 0 bridgehead atoms. The molecule has 0 aromatic heterocycles. The Balaban J connectivity index is 2.76. The van der Waals surface area contributed by atoms with Crippen molar-refractivity contribution in [2.24, 2.45) is 0 Å². The summed E-state index contributed by atoms with van der Waals surface area (Å²) in [6, 6.07) is 6.37. The number of para-hydroxylation sites is 1. The molecule has 0 saturated carbocycles. The fourth-order valence-corrected chi connectivity index (χ4v) is 1.29. The van der Waals surface area contributed by atoms with Crippen molar-refractivity contribution in [3.8, 4) is 0 Å². The SMILES string of the molecule is CCCNC(=O)Nc1ccccc1C(=O)OC. The van der Waals surface area contributed by atoms with Gasteiger partial charge in [0.25, 0.3) is 0 Å². The number of benzene rings is 1. The van der Waals surface area contributed by atoms with Crippen molar-refractivity contribution in [1.29, 1.82) is 0 Å². The van der Waals surface area contributed by atoms with Gasteiger partial charge in [-0.2, -0.15) is 0 Å². The van der Waals surface area contributed by atoms with E-state index in [1.807, 2.05) is 6.92 Å². The summed E-state index contributed by atoms with van der Waals surface area (Å²) in [4.78, 5) is 22.9. The van der Waals surface area contributed by atoms with E-state index in [-0.39, 0.29) is 6.03 Å². The van der Waals surface area contributed by atoms with Crippen LogP contribution >= 0.6 is 0 Å². The maximum absolute atomic E-state index is 11.5. The average Bonchev–Trinajstić information content (AvgIpc) is 2.36. The van der Waals surface area contributed by atoms with Crippen LogP contribution in [0.3, 0.4) is 0 Å². The highest BCUT2D eigenvalue weighted by atomic mass is 16.5. The summed E-state index contributed by atoms with van der Waals surface area (Å²) in [5, 5.41) is 5.27. The summed E-state index contributed by atoms with van der Waals surface area (Å²) < 4.78 is 4.63. The highest BCUT2D eigenvalue weighted by Gasteiger charge is 2.12. The molecule has 5 nitrogen and oxygen atoms in total. The molecule has 0 unspecified atom stereocenters. The van der Waals surface area contributed by atoms with Crippen molar-refractivity contribution in [2.45, 2.75) is 13.3 Å². The van der Waals surface area contributed by atoms with Gasteiger partial charge in [0.2, 0.25) is 0 Å². The maximum Gasteiger partial charge on any atom is 0.339 e. The van der Waals surface area contributed by atoms with Gasteiger partial charge >= 0.3 is 12.0 Å². The minimum absolute atomic E-state index is 0.330. The summed E-state index contributed by atoms with van der Waals surface area (Å²) in [7, 11) is 1.30. The van der Waals surface area contributed by atoms with E-state index in [0.717, 1.165) is 6.42 Å². The fourth-order valence-electron chi connectivity index (χ4n) is 1.29. The topological polar surface area (TPSA) is 67.4 Å². The van der Waals surface area contributed by atoms with Crippen molar-refractivity contribution in [3.63, 3.8) is 0 Å². The van der Waals surface area contributed by atoms with E-state index >= 15 is 0 Å². The third kappa shape index (κ3) is 3.79. The van der Waals surface area contributed by atoms with Gasteiger partial charge in [0.05, 0.1) is 18.4 Å². The van der Waals surface area contributed by atoms with Gasteiger partial charge in [-0.25, -0.2) is 9.59 Å². The number of amides is 2. The second-order valence-corrected chi connectivity index (χ2v) is 3.42. The Hall–Kier alpha value is -2.04. The number of carbonyl (C=O) groups is 2. The number of urea groups is 1. The molecule has 1 aromatic carbocycles. The van der Waals surface area contributed by atoms with E-state index in [1.54, 1.807) is 24.3 Å². The second-order valence-electron chi connectivity index (χ2n) is 3.42. The first kappa shape index (κ1) is 13.0. The molecule has 0 spiro atoms. The first-order valence-corrected chi connectivity index (χ1v) is 5.41. The number of ether oxygens (including phenoxy) is 1. The molecule has 0 saturated heterocycles. The zero-order valence-corrected chi connectivity index (χ0v) is 9.95. The number of hydrogen-bond donors (Lipinski definition) is 2. The van der Waals surface area contributed by atoms with Crippen LogP contribution < -0.4 is 10.6 Å². The highest BCUT2D eigenvalue weighted by Crippen LogP contribution is 2.15. The smallest absolute Gasteiger partial charge is 0.339 e. The number of hydrogen-bond acceptors (Lipinski definition) is 3.